The van der Waals surface area contributed by atoms with Crippen LogP contribution in [-0.4, -0.2) is 30.6 Å². The second kappa shape index (κ2) is 9.14. The number of hydrogen-bond donors (Lipinski definition) is 7. The SMILES string of the molecule is Oc1cc(CCc2ccc3c(c2)Oc2cc(CCc4cc(O)c(O)c(O)c4)ccc2N3)cc(O)c1O. The van der Waals surface area contributed by atoms with Crippen LogP contribution in [0.2, 0.25) is 0 Å². The molecule has 0 amide bonds. The van der Waals surface area contributed by atoms with Gasteiger partial charge in [0.25, 0.3) is 0 Å². The summed E-state index contributed by atoms with van der Waals surface area (Å²) in [4.78, 5) is 0. The highest BCUT2D eigenvalue weighted by atomic mass is 16.5. The molecule has 1 heterocycles. The minimum absolute atomic E-state index is 0.352. The van der Waals surface area contributed by atoms with Crippen LogP contribution in [0, 0.1) is 0 Å². The molecule has 0 fully saturated rings. The maximum Gasteiger partial charge on any atom is 0.200 e. The number of aryl methyl sites for hydroxylation is 4. The molecule has 0 bridgehead atoms. The monoisotopic (exact) mass is 487 g/mol. The van der Waals surface area contributed by atoms with E-state index in [2.05, 4.69) is 5.32 Å². The first-order valence-corrected chi connectivity index (χ1v) is 11.4. The topological polar surface area (TPSA) is 143 Å². The van der Waals surface area contributed by atoms with Crippen LogP contribution < -0.4 is 10.1 Å². The molecule has 8 heteroatoms. The molecule has 0 spiro atoms. The van der Waals surface area contributed by atoms with Gasteiger partial charge in [0.15, 0.2) is 46.0 Å². The van der Waals surface area contributed by atoms with Crippen molar-refractivity contribution < 1.29 is 35.4 Å². The van der Waals surface area contributed by atoms with E-state index in [0.29, 0.717) is 48.3 Å². The Balaban J connectivity index is 1.27. The second-order valence-corrected chi connectivity index (χ2v) is 8.85. The first-order valence-electron chi connectivity index (χ1n) is 11.4. The molecular formula is C28H25NO7. The second-order valence-electron chi connectivity index (χ2n) is 8.85. The summed E-state index contributed by atoms with van der Waals surface area (Å²) in [5.74, 6) is -1.09. The van der Waals surface area contributed by atoms with Crippen LogP contribution in [0.4, 0.5) is 11.4 Å². The summed E-state index contributed by atoms with van der Waals surface area (Å²) in [6, 6.07) is 17.5. The summed E-state index contributed by atoms with van der Waals surface area (Å²) in [5, 5.41) is 61.3. The van der Waals surface area contributed by atoms with E-state index in [9.17, 15) is 30.6 Å². The van der Waals surface area contributed by atoms with Gasteiger partial charge in [0.1, 0.15) is 0 Å². The van der Waals surface area contributed by atoms with Crippen LogP contribution in [0.15, 0.2) is 60.7 Å². The summed E-state index contributed by atoms with van der Waals surface area (Å²) in [7, 11) is 0. The molecule has 0 saturated heterocycles. The maximum atomic E-state index is 9.72. The maximum absolute atomic E-state index is 9.72. The number of aromatic hydroxyl groups is 6. The van der Waals surface area contributed by atoms with Gasteiger partial charge in [0, 0.05) is 0 Å². The molecule has 5 rings (SSSR count). The van der Waals surface area contributed by atoms with E-state index >= 15 is 0 Å². The molecule has 7 N–H and O–H groups in total. The van der Waals surface area contributed by atoms with Crippen molar-refractivity contribution in [2.45, 2.75) is 25.7 Å². The number of ether oxygens (including phenoxy) is 1. The number of hydrogen-bond acceptors (Lipinski definition) is 8. The zero-order chi connectivity index (χ0) is 25.4. The third kappa shape index (κ3) is 4.61. The highest BCUT2D eigenvalue weighted by molar-refractivity contribution is 5.76. The minimum atomic E-state index is -0.524. The molecule has 1 aliphatic rings. The molecule has 1 aliphatic heterocycles. The summed E-state index contributed by atoms with van der Waals surface area (Å²) in [5.41, 5.74) is 5.10. The van der Waals surface area contributed by atoms with E-state index in [1.807, 2.05) is 36.4 Å². The minimum Gasteiger partial charge on any atom is -0.504 e. The summed E-state index contributed by atoms with van der Waals surface area (Å²) >= 11 is 0. The number of benzene rings is 4. The molecule has 184 valence electrons. The molecule has 0 atom stereocenters. The Labute approximate surface area is 206 Å². The van der Waals surface area contributed by atoms with E-state index in [0.717, 1.165) is 22.5 Å². The van der Waals surface area contributed by atoms with Crippen LogP contribution in [-0.2, 0) is 25.7 Å². The summed E-state index contributed by atoms with van der Waals surface area (Å²) < 4.78 is 6.18. The molecular weight excluding hydrogens is 462 g/mol. The van der Waals surface area contributed by atoms with Gasteiger partial charge in [-0.25, -0.2) is 0 Å². The molecule has 8 nitrogen and oxygen atoms in total. The largest absolute Gasteiger partial charge is 0.504 e. The Morgan fingerprint density at radius 1 is 0.472 bits per heavy atom. The van der Waals surface area contributed by atoms with E-state index < -0.39 is 11.5 Å². The summed E-state index contributed by atoms with van der Waals surface area (Å²) in [6.07, 6.45) is 2.38. The van der Waals surface area contributed by atoms with Gasteiger partial charge in [-0.3, -0.25) is 0 Å². The third-order valence-corrected chi connectivity index (χ3v) is 6.24. The Bertz CT molecular complexity index is 1310. The van der Waals surface area contributed by atoms with Crippen LogP contribution in [0.1, 0.15) is 22.3 Å². The van der Waals surface area contributed by atoms with Gasteiger partial charge in [0.05, 0.1) is 11.4 Å². The average Bonchev–Trinajstić information content (AvgIpc) is 2.86. The first kappa shape index (κ1) is 23.0. The zero-order valence-corrected chi connectivity index (χ0v) is 19.2. The fraction of sp³-hybridized carbons (Fsp3) is 0.143. The van der Waals surface area contributed by atoms with Gasteiger partial charge >= 0.3 is 0 Å². The van der Waals surface area contributed by atoms with E-state index in [4.69, 9.17) is 4.74 Å². The predicted molar refractivity (Wildman–Crippen MR) is 134 cm³/mol. The summed E-state index contributed by atoms with van der Waals surface area (Å²) in [6.45, 7) is 0. The molecule has 36 heavy (non-hydrogen) atoms. The Hall–Kier alpha value is -4.72. The average molecular weight is 488 g/mol. The van der Waals surface area contributed by atoms with Gasteiger partial charge in [-0.05, 0) is 96.5 Å². The van der Waals surface area contributed by atoms with Crippen LogP contribution in [0.5, 0.6) is 46.0 Å². The van der Waals surface area contributed by atoms with Gasteiger partial charge in [-0.1, -0.05) is 12.1 Å². The van der Waals surface area contributed by atoms with Crippen LogP contribution in [0.3, 0.4) is 0 Å². The molecule has 0 radical (unpaired) electrons. The van der Waals surface area contributed by atoms with Crippen LogP contribution >= 0.6 is 0 Å². The third-order valence-electron chi connectivity index (χ3n) is 6.24. The van der Waals surface area contributed by atoms with Crippen molar-refractivity contribution in [3.63, 3.8) is 0 Å². The van der Waals surface area contributed by atoms with E-state index in [1.54, 1.807) is 0 Å². The predicted octanol–water partition coefficient (Wildman–Crippen LogP) is 5.34. The zero-order valence-electron chi connectivity index (χ0n) is 19.2. The molecule has 4 aromatic carbocycles. The molecule has 0 saturated carbocycles. The molecule has 0 unspecified atom stereocenters. The highest BCUT2D eigenvalue weighted by Gasteiger charge is 2.18. The van der Waals surface area contributed by atoms with Gasteiger partial charge in [-0.15, -0.1) is 0 Å². The van der Waals surface area contributed by atoms with Gasteiger partial charge in [0.2, 0.25) is 0 Å². The fourth-order valence-electron chi connectivity index (χ4n) is 4.27. The van der Waals surface area contributed by atoms with Crippen LogP contribution in [0.25, 0.3) is 0 Å². The van der Waals surface area contributed by atoms with Crippen molar-refractivity contribution in [3.8, 4) is 46.0 Å². The smallest absolute Gasteiger partial charge is 0.200 e. The van der Waals surface area contributed by atoms with E-state index in [1.165, 1.54) is 24.3 Å². The van der Waals surface area contributed by atoms with Crippen molar-refractivity contribution in [1.29, 1.82) is 0 Å². The first-order chi connectivity index (χ1) is 17.3. The van der Waals surface area contributed by atoms with Crippen molar-refractivity contribution in [3.05, 3.63) is 82.9 Å². The Morgan fingerprint density at radius 2 is 0.833 bits per heavy atom. The Kier molecular flexibility index (Phi) is 5.85. The molecule has 0 aliphatic carbocycles. The lowest BCUT2D eigenvalue weighted by Crippen LogP contribution is -2.04. The van der Waals surface area contributed by atoms with Gasteiger partial charge in [-0.2, -0.15) is 0 Å². The standard InChI is InChI=1S/C28H25NO7/c30-21-9-17(10-22(31)27(21)34)3-1-15-5-7-19-25(13-15)36-26-14-16(6-8-20(26)29-19)2-4-18-11-23(32)28(35)24(33)12-18/h5-14,29-35H,1-4H2. The molecule has 4 aromatic rings. The number of rotatable bonds is 6. The number of fused-ring (bicyclic) bond motifs is 2. The van der Waals surface area contributed by atoms with Crippen molar-refractivity contribution in [2.75, 3.05) is 5.32 Å². The lowest BCUT2D eigenvalue weighted by Gasteiger charge is -2.23. The quantitative estimate of drug-likeness (QED) is 0.159. The van der Waals surface area contributed by atoms with Gasteiger partial charge < -0.3 is 40.7 Å². The van der Waals surface area contributed by atoms with Crippen molar-refractivity contribution in [2.24, 2.45) is 0 Å². The van der Waals surface area contributed by atoms with E-state index in [-0.39, 0.29) is 23.0 Å². The van der Waals surface area contributed by atoms with Crippen molar-refractivity contribution >= 4 is 11.4 Å². The molecule has 0 aromatic heterocycles. The number of nitrogens with one attached hydrogen (secondary N) is 1. The lowest BCUT2D eigenvalue weighted by atomic mass is 10.0. The normalized spacial score (nSPS) is 11.8. The number of phenolic OH excluding ortho intramolecular Hbond substituents is 6. The Morgan fingerprint density at radius 3 is 1.22 bits per heavy atom. The van der Waals surface area contributed by atoms with Crippen molar-refractivity contribution in [1.82, 2.24) is 0 Å². The lowest BCUT2D eigenvalue weighted by molar-refractivity contribution is 0.367. The highest BCUT2D eigenvalue weighted by Crippen LogP contribution is 2.43. The number of anilines is 2. The number of phenols is 6. The fourth-order valence-corrected chi connectivity index (χ4v) is 4.27.